The number of aryl methyl sites for hydroxylation is 1. The van der Waals surface area contributed by atoms with Crippen LogP contribution >= 0.6 is 0 Å². The van der Waals surface area contributed by atoms with Gasteiger partial charge in [0.05, 0.1) is 4.90 Å². The molecule has 0 N–H and O–H groups in total. The summed E-state index contributed by atoms with van der Waals surface area (Å²) in [6.07, 6.45) is 6.49. The summed E-state index contributed by atoms with van der Waals surface area (Å²) in [5, 5.41) is 0. The Hall–Kier alpha value is -2.17. The Labute approximate surface area is 155 Å². The molecule has 2 heterocycles. The van der Waals surface area contributed by atoms with Crippen molar-refractivity contribution in [1.82, 2.24) is 4.31 Å². The van der Waals surface area contributed by atoms with Crippen LogP contribution in [0.15, 0.2) is 77.7 Å². The van der Waals surface area contributed by atoms with Crippen LogP contribution in [0.1, 0.15) is 18.1 Å². The highest BCUT2D eigenvalue weighted by Crippen LogP contribution is 2.39. The van der Waals surface area contributed by atoms with Crippen LogP contribution in [0.25, 0.3) is 5.57 Å². The molecule has 0 saturated heterocycles. The predicted molar refractivity (Wildman–Crippen MR) is 105 cm³/mol. The Morgan fingerprint density at radius 1 is 0.962 bits per heavy atom. The van der Waals surface area contributed by atoms with Gasteiger partial charge in [-0.25, -0.2) is 8.42 Å². The average molecular weight is 365 g/mol. The van der Waals surface area contributed by atoms with Gasteiger partial charge in [-0.15, -0.1) is 0 Å². The van der Waals surface area contributed by atoms with Crippen molar-refractivity contribution in [2.24, 2.45) is 11.8 Å². The molecule has 26 heavy (non-hydrogen) atoms. The number of hydrogen-bond donors (Lipinski definition) is 0. The zero-order valence-corrected chi connectivity index (χ0v) is 15.9. The maximum Gasteiger partial charge on any atom is 0.243 e. The predicted octanol–water partition coefficient (Wildman–Crippen LogP) is 4.27. The lowest BCUT2D eigenvalue weighted by molar-refractivity contribution is 0.308. The molecule has 2 aliphatic heterocycles. The molecule has 2 aromatic rings. The van der Waals surface area contributed by atoms with Gasteiger partial charge in [-0.1, -0.05) is 73.2 Å². The van der Waals surface area contributed by atoms with E-state index in [1.54, 1.807) is 16.4 Å². The summed E-state index contributed by atoms with van der Waals surface area (Å²) in [6, 6.07) is 17.2. The lowest BCUT2D eigenvalue weighted by atomic mass is 9.88. The molecule has 3 unspecified atom stereocenters. The van der Waals surface area contributed by atoms with Crippen LogP contribution in [0.2, 0.25) is 0 Å². The molecule has 2 bridgehead atoms. The highest BCUT2D eigenvalue weighted by molar-refractivity contribution is 7.89. The zero-order valence-electron chi connectivity index (χ0n) is 15.0. The van der Waals surface area contributed by atoms with E-state index >= 15 is 0 Å². The van der Waals surface area contributed by atoms with Crippen LogP contribution < -0.4 is 0 Å². The molecule has 4 heteroatoms. The molecule has 0 radical (unpaired) electrons. The van der Waals surface area contributed by atoms with Gasteiger partial charge in [0.2, 0.25) is 10.0 Å². The first-order valence-electron chi connectivity index (χ1n) is 9.01. The molecule has 0 amide bonds. The van der Waals surface area contributed by atoms with Crippen LogP contribution in [-0.4, -0.2) is 25.3 Å². The van der Waals surface area contributed by atoms with Gasteiger partial charge in [-0.3, -0.25) is 0 Å². The molecule has 1 aliphatic carbocycles. The fourth-order valence-corrected chi connectivity index (χ4v) is 5.53. The number of rotatable bonds is 3. The number of nitrogens with zero attached hydrogens (tertiary/aromatic N) is 1. The Bertz CT molecular complexity index is 959. The summed E-state index contributed by atoms with van der Waals surface area (Å²) in [5.74, 6) is 0.222. The maximum absolute atomic E-state index is 13.3. The number of fused-ring (bicyclic) bond motifs is 2. The van der Waals surface area contributed by atoms with E-state index in [0.29, 0.717) is 11.4 Å². The van der Waals surface area contributed by atoms with E-state index in [9.17, 15) is 8.42 Å². The van der Waals surface area contributed by atoms with Crippen molar-refractivity contribution in [1.29, 1.82) is 0 Å². The first-order valence-corrected chi connectivity index (χ1v) is 10.4. The minimum atomic E-state index is -3.52. The molecule has 3 aliphatic rings. The molecule has 5 rings (SSSR count). The lowest BCUT2D eigenvalue weighted by Gasteiger charge is -2.37. The minimum absolute atomic E-state index is 0.0822. The molecular formula is C22H23NO2S. The van der Waals surface area contributed by atoms with Crippen LogP contribution in [0, 0.1) is 18.8 Å². The van der Waals surface area contributed by atoms with Crippen LogP contribution in [0.5, 0.6) is 0 Å². The second-order valence-corrected chi connectivity index (χ2v) is 9.11. The van der Waals surface area contributed by atoms with Gasteiger partial charge in [0.25, 0.3) is 0 Å². The van der Waals surface area contributed by atoms with E-state index < -0.39 is 10.0 Å². The van der Waals surface area contributed by atoms with Crippen LogP contribution in [0.4, 0.5) is 0 Å². The largest absolute Gasteiger partial charge is 0.243 e. The molecule has 0 fully saturated rings. The quantitative estimate of drug-likeness (QED) is 0.762. The Morgan fingerprint density at radius 2 is 1.65 bits per heavy atom. The van der Waals surface area contributed by atoms with Gasteiger partial charge < -0.3 is 0 Å². The zero-order chi connectivity index (χ0) is 18.3. The summed E-state index contributed by atoms with van der Waals surface area (Å²) in [5.41, 5.74) is 3.46. The number of sulfonamides is 1. The highest BCUT2D eigenvalue weighted by Gasteiger charge is 2.40. The molecule has 0 saturated carbocycles. The standard InChI is InChI=1S/C22H23NO2S/c1-16-8-12-20(13-9-16)26(24,25)23-15-19-11-10-17(2)22(23)14-21(19)18-6-4-3-5-7-18/h3-14,17,19,22H,15H2,1-2H3. The summed E-state index contributed by atoms with van der Waals surface area (Å²) in [4.78, 5) is 0.373. The van der Waals surface area contributed by atoms with Crippen molar-refractivity contribution in [3.8, 4) is 0 Å². The van der Waals surface area contributed by atoms with E-state index in [4.69, 9.17) is 0 Å². The van der Waals surface area contributed by atoms with E-state index in [1.807, 2.05) is 37.3 Å². The second-order valence-electron chi connectivity index (χ2n) is 7.22. The lowest BCUT2D eigenvalue weighted by Crippen LogP contribution is -2.46. The summed E-state index contributed by atoms with van der Waals surface area (Å²) in [6.45, 7) is 4.54. The summed E-state index contributed by atoms with van der Waals surface area (Å²) in [7, 11) is -3.52. The average Bonchev–Trinajstić information content (AvgIpc) is 2.92. The minimum Gasteiger partial charge on any atom is -0.207 e. The SMILES string of the molecule is Cc1ccc(S(=O)(=O)N2CC3C=CC(C)C2C=C3c2ccccc2)cc1. The second kappa shape index (κ2) is 6.53. The Morgan fingerprint density at radius 3 is 2.35 bits per heavy atom. The topological polar surface area (TPSA) is 37.4 Å². The summed E-state index contributed by atoms with van der Waals surface area (Å²) >= 11 is 0. The highest BCUT2D eigenvalue weighted by atomic mass is 32.2. The van der Waals surface area contributed by atoms with Gasteiger partial charge in [0.15, 0.2) is 0 Å². The molecule has 134 valence electrons. The normalized spacial score (nSPS) is 25.8. The van der Waals surface area contributed by atoms with Crippen molar-refractivity contribution >= 4 is 15.6 Å². The molecular weight excluding hydrogens is 342 g/mol. The van der Waals surface area contributed by atoms with E-state index in [-0.39, 0.29) is 17.9 Å². The Balaban J connectivity index is 1.77. The maximum atomic E-state index is 13.3. The smallest absolute Gasteiger partial charge is 0.207 e. The van der Waals surface area contributed by atoms with E-state index in [1.165, 1.54) is 11.1 Å². The first kappa shape index (κ1) is 17.3. The van der Waals surface area contributed by atoms with Crippen molar-refractivity contribution in [2.75, 3.05) is 6.54 Å². The van der Waals surface area contributed by atoms with Gasteiger partial charge in [0, 0.05) is 18.5 Å². The molecule has 0 spiro atoms. The van der Waals surface area contributed by atoms with E-state index in [2.05, 4.69) is 37.3 Å². The van der Waals surface area contributed by atoms with Gasteiger partial charge in [0.1, 0.15) is 0 Å². The molecule has 3 atom stereocenters. The van der Waals surface area contributed by atoms with Gasteiger partial charge >= 0.3 is 0 Å². The molecule has 3 nitrogen and oxygen atoms in total. The monoisotopic (exact) mass is 365 g/mol. The van der Waals surface area contributed by atoms with E-state index in [0.717, 1.165) is 5.56 Å². The van der Waals surface area contributed by atoms with Gasteiger partial charge in [-0.05, 0) is 36.1 Å². The third kappa shape index (κ3) is 2.93. The molecule has 2 aromatic carbocycles. The third-order valence-corrected chi connectivity index (χ3v) is 7.26. The third-order valence-electron chi connectivity index (χ3n) is 5.38. The fraction of sp³-hybridized carbons (Fsp3) is 0.273. The van der Waals surface area contributed by atoms with Gasteiger partial charge in [-0.2, -0.15) is 4.31 Å². The van der Waals surface area contributed by atoms with Crippen LogP contribution in [-0.2, 0) is 10.0 Å². The van der Waals surface area contributed by atoms with Crippen molar-refractivity contribution in [3.05, 3.63) is 84.0 Å². The van der Waals surface area contributed by atoms with Crippen molar-refractivity contribution in [2.45, 2.75) is 24.8 Å². The molecule has 0 aromatic heterocycles. The van der Waals surface area contributed by atoms with Crippen molar-refractivity contribution < 1.29 is 8.42 Å². The fourth-order valence-electron chi connectivity index (χ4n) is 3.85. The van der Waals surface area contributed by atoms with Crippen LogP contribution in [0.3, 0.4) is 0 Å². The number of benzene rings is 2. The first-order chi connectivity index (χ1) is 12.5. The summed E-state index contributed by atoms with van der Waals surface area (Å²) < 4.78 is 28.3. The Kier molecular flexibility index (Phi) is 4.33. The van der Waals surface area contributed by atoms with Crippen molar-refractivity contribution in [3.63, 3.8) is 0 Å². The number of hydrogen-bond acceptors (Lipinski definition) is 2.